The van der Waals surface area contributed by atoms with Crippen molar-refractivity contribution in [1.29, 1.82) is 0 Å². The zero-order chi connectivity index (χ0) is 8.27. The van der Waals surface area contributed by atoms with Crippen molar-refractivity contribution in [1.82, 2.24) is 10.2 Å². The molecule has 1 aliphatic rings. The third-order valence-electron chi connectivity index (χ3n) is 2.33. The first-order chi connectivity index (χ1) is 5.24. The lowest BCUT2D eigenvalue weighted by Crippen LogP contribution is -2.57. The molecule has 3 nitrogen and oxygen atoms in total. The minimum Gasteiger partial charge on any atom is -0.380 e. The highest BCUT2D eigenvalue weighted by Gasteiger charge is 2.22. The normalized spacial score (nSPS) is 21.8. The summed E-state index contributed by atoms with van der Waals surface area (Å²) >= 11 is 0. The van der Waals surface area contributed by atoms with Crippen molar-refractivity contribution in [3.05, 3.63) is 0 Å². The van der Waals surface area contributed by atoms with Crippen LogP contribution in [0.15, 0.2) is 0 Å². The lowest BCUT2D eigenvalue weighted by Gasteiger charge is -2.36. The van der Waals surface area contributed by atoms with Gasteiger partial charge in [-0.2, -0.15) is 0 Å². The van der Waals surface area contributed by atoms with Gasteiger partial charge in [-0.05, 0) is 14.0 Å². The van der Waals surface area contributed by atoms with E-state index in [0.29, 0.717) is 6.10 Å². The van der Waals surface area contributed by atoms with Gasteiger partial charge in [-0.3, -0.25) is 4.90 Å². The summed E-state index contributed by atoms with van der Waals surface area (Å²) in [4.78, 5) is 2.35. The Morgan fingerprint density at radius 3 is 2.64 bits per heavy atom. The van der Waals surface area contributed by atoms with Crippen LogP contribution in [0.25, 0.3) is 0 Å². The molecule has 3 heteroatoms. The van der Waals surface area contributed by atoms with Gasteiger partial charge < -0.3 is 10.1 Å². The van der Waals surface area contributed by atoms with Gasteiger partial charge in [-0.25, -0.2) is 0 Å². The molecule has 0 bridgehead atoms. The largest absolute Gasteiger partial charge is 0.380 e. The van der Waals surface area contributed by atoms with E-state index in [4.69, 9.17) is 4.74 Å². The van der Waals surface area contributed by atoms with Crippen LogP contribution in [0.1, 0.15) is 6.92 Å². The highest BCUT2D eigenvalue weighted by molar-refractivity contribution is 4.83. The van der Waals surface area contributed by atoms with Gasteiger partial charge in [0.2, 0.25) is 0 Å². The average Bonchev–Trinajstić information content (AvgIpc) is 1.83. The van der Waals surface area contributed by atoms with E-state index in [9.17, 15) is 0 Å². The molecule has 0 radical (unpaired) electrons. The smallest absolute Gasteiger partial charge is 0.0670 e. The monoisotopic (exact) mass is 158 g/mol. The maximum atomic E-state index is 5.18. The molecule has 0 aliphatic carbocycles. The number of likely N-dealkylation sites (N-methyl/N-ethyl adjacent to an activating group) is 1. The predicted octanol–water partition coefficient (Wildman–Crippen LogP) is -0.0751. The van der Waals surface area contributed by atoms with Gasteiger partial charge >= 0.3 is 0 Å². The van der Waals surface area contributed by atoms with Crippen LogP contribution in [0.5, 0.6) is 0 Å². The zero-order valence-corrected chi connectivity index (χ0v) is 7.63. The maximum Gasteiger partial charge on any atom is 0.0670 e. The maximum absolute atomic E-state index is 5.18. The predicted molar refractivity (Wildman–Crippen MR) is 45.8 cm³/mol. The van der Waals surface area contributed by atoms with E-state index < -0.39 is 0 Å². The van der Waals surface area contributed by atoms with Gasteiger partial charge in [-0.1, -0.05) is 0 Å². The molecule has 1 N–H and O–H groups in total. The van der Waals surface area contributed by atoms with E-state index in [-0.39, 0.29) is 0 Å². The van der Waals surface area contributed by atoms with Crippen LogP contribution in [0.2, 0.25) is 0 Å². The van der Waals surface area contributed by atoms with Crippen LogP contribution in [-0.2, 0) is 4.74 Å². The van der Waals surface area contributed by atoms with Crippen LogP contribution in [0.3, 0.4) is 0 Å². The topological polar surface area (TPSA) is 24.5 Å². The second-order valence-corrected chi connectivity index (χ2v) is 3.30. The molecule has 0 aromatic carbocycles. The van der Waals surface area contributed by atoms with Gasteiger partial charge in [0.15, 0.2) is 0 Å². The van der Waals surface area contributed by atoms with Crippen molar-refractivity contribution in [2.45, 2.75) is 19.1 Å². The summed E-state index contributed by atoms with van der Waals surface area (Å²) in [6.07, 6.45) is 0.348. The Morgan fingerprint density at radius 1 is 1.64 bits per heavy atom. The highest BCUT2D eigenvalue weighted by Crippen LogP contribution is 2.03. The van der Waals surface area contributed by atoms with Crippen molar-refractivity contribution in [3.8, 4) is 0 Å². The fourth-order valence-corrected chi connectivity index (χ4v) is 1.21. The lowest BCUT2D eigenvalue weighted by molar-refractivity contribution is 0.0608. The van der Waals surface area contributed by atoms with Gasteiger partial charge in [-0.15, -0.1) is 0 Å². The molecule has 11 heavy (non-hydrogen) atoms. The highest BCUT2D eigenvalue weighted by atomic mass is 16.5. The van der Waals surface area contributed by atoms with Crippen molar-refractivity contribution in [3.63, 3.8) is 0 Å². The first kappa shape index (κ1) is 8.97. The van der Waals surface area contributed by atoms with Gasteiger partial charge in [0.05, 0.1) is 6.10 Å². The molecule has 1 unspecified atom stereocenters. The summed E-state index contributed by atoms with van der Waals surface area (Å²) in [5.74, 6) is 0. The SMILES string of the molecule is COC(C)CN(C)C1CNC1. The van der Waals surface area contributed by atoms with Crippen molar-refractivity contribution >= 4 is 0 Å². The van der Waals surface area contributed by atoms with Gasteiger partial charge in [0.25, 0.3) is 0 Å². The van der Waals surface area contributed by atoms with Crippen LogP contribution in [0.4, 0.5) is 0 Å². The first-order valence-corrected chi connectivity index (χ1v) is 4.17. The van der Waals surface area contributed by atoms with Crippen molar-refractivity contribution in [2.75, 3.05) is 33.8 Å². The molecule has 1 atom stereocenters. The molecule has 1 heterocycles. The van der Waals surface area contributed by atoms with Crippen LogP contribution < -0.4 is 5.32 Å². The molecule has 1 saturated heterocycles. The second kappa shape index (κ2) is 4.04. The molecule has 66 valence electrons. The molecule has 0 spiro atoms. The van der Waals surface area contributed by atoms with E-state index in [1.807, 2.05) is 0 Å². The summed E-state index contributed by atoms with van der Waals surface area (Å²) in [6.45, 7) is 5.39. The lowest BCUT2D eigenvalue weighted by atomic mass is 10.1. The number of methoxy groups -OCH3 is 1. The van der Waals surface area contributed by atoms with E-state index >= 15 is 0 Å². The quantitative estimate of drug-likeness (QED) is 0.619. The Hall–Kier alpha value is -0.120. The van der Waals surface area contributed by atoms with E-state index in [1.54, 1.807) is 7.11 Å². The number of ether oxygens (including phenoxy) is 1. The fourth-order valence-electron chi connectivity index (χ4n) is 1.21. The summed E-state index contributed by atoms with van der Waals surface area (Å²) in [6, 6.07) is 0.729. The standard InChI is InChI=1S/C8H18N2O/c1-7(11-3)6-10(2)8-4-9-5-8/h7-9H,4-6H2,1-3H3. The Bertz CT molecular complexity index is 115. The Labute approximate surface area is 68.7 Å². The Kier molecular flexibility index (Phi) is 3.30. The minimum absolute atomic E-state index is 0.348. The first-order valence-electron chi connectivity index (χ1n) is 4.17. The van der Waals surface area contributed by atoms with Crippen LogP contribution in [0, 0.1) is 0 Å². The van der Waals surface area contributed by atoms with Crippen molar-refractivity contribution < 1.29 is 4.74 Å². The van der Waals surface area contributed by atoms with E-state index in [2.05, 4.69) is 24.2 Å². The number of hydrogen-bond acceptors (Lipinski definition) is 3. The molecule has 1 rings (SSSR count). The third-order valence-corrected chi connectivity index (χ3v) is 2.33. The third kappa shape index (κ3) is 2.43. The minimum atomic E-state index is 0.348. The van der Waals surface area contributed by atoms with Crippen LogP contribution >= 0.6 is 0 Å². The summed E-state index contributed by atoms with van der Waals surface area (Å²) in [7, 11) is 3.92. The molecule has 1 fully saturated rings. The molecule has 0 saturated carbocycles. The zero-order valence-electron chi connectivity index (χ0n) is 7.63. The fraction of sp³-hybridized carbons (Fsp3) is 1.00. The molecular weight excluding hydrogens is 140 g/mol. The van der Waals surface area contributed by atoms with Crippen LogP contribution in [-0.4, -0.2) is 50.8 Å². The van der Waals surface area contributed by atoms with Gasteiger partial charge in [0.1, 0.15) is 0 Å². The Balaban J connectivity index is 2.13. The molecular formula is C8H18N2O. The number of rotatable bonds is 4. The molecule has 1 aliphatic heterocycles. The van der Waals surface area contributed by atoms with E-state index in [0.717, 1.165) is 25.7 Å². The summed E-state index contributed by atoms with van der Waals surface area (Å²) in [5, 5.41) is 3.25. The molecule has 0 aromatic heterocycles. The summed E-state index contributed by atoms with van der Waals surface area (Å²) in [5.41, 5.74) is 0. The number of nitrogens with zero attached hydrogens (tertiary/aromatic N) is 1. The van der Waals surface area contributed by atoms with Crippen molar-refractivity contribution in [2.24, 2.45) is 0 Å². The number of nitrogens with one attached hydrogen (secondary N) is 1. The van der Waals surface area contributed by atoms with E-state index in [1.165, 1.54) is 0 Å². The molecule has 0 amide bonds. The average molecular weight is 158 g/mol. The Morgan fingerprint density at radius 2 is 2.27 bits per heavy atom. The summed E-state index contributed by atoms with van der Waals surface area (Å²) < 4.78 is 5.18. The second-order valence-electron chi connectivity index (χ2n) is 3.30. The number of hydrogen-bond donors (Lipinski definition) is 1. The molecule has 0 aromatic rings. The van der Waals surface area contributed by atoms with Gasteiger partial charge in [0, 0.05) is 32.8 Å².